The Hall–Kier alpha value is -1.26. The lowest BCUT2D eigenvalue weighted by Gasteiger charge is -2.23. The fraction of sp³-hybridized carbons (Fsp3) is 0.857. The summed E-state index contributed by atoms with van der Waals surface area (Å²) < 4.78 is 10.4. The number of carbonyl (C=O) groups excluding carboxylic acids is 2. The van der Waals surface area contributed by atoms with Gasteiger partial charge in [0.15, 0.2) is 0 Å². The zero-order chi connectivity index (χ0) is 14.4. The number of esters is 1. The molecule has 5 heteroatoms. The minimum atomic E-state index is -0.474. The van der Waals surface area contributed by atoms with Crippen LogP contribution in [-0.2, 0) is 14.3 Å². The number of likely N-dealkylation sites (tertiary alicyclic amines) is 1. The van der Waals surface area contributed by atoms with Crippen molar-refractivity contribution in [1.82, 2.24) is 4.90 Å². The van der Waals surface area contributed by atoms with Crippen molar-refractivity contribution in [3.05, 3.63) is 0 Å². The van der Waals surface area contributed by atoms with Gasteiger partial charge in [0, 0.05) is 6.54 Å². The molecule has 0 radical (unpaired) electrons. The first-order valence-corrected chi connectivity index (χ1v) is 7.01. The molecule has 0 spiro atoms. The zero-order valence-electron chi connectivity index (χ0n) is 12.3. The molecule has 0 aromatic carbocycles. The zero-order valence-corrected chi connectivity index (χ0v) is 12.3. The fourth-order valence-corrected chi connectivity index (χ4v) is 1.90. The average Bonchev–Trinajstić information content (AvgIpc) is 2.82. The normalized spacial score (nSPS) is 19.1. The van der Waals surface area contributed by atoms with Gasteiger partial charge in [-0.3, -0.25) is 4.90 Å². The highest BCUT2D eigenvalue weighted by atomic mass is 16.6. The molecule has 19 heavy (non-hydrogen) atoms. The van der Waals surface area contributed by atoms with E-state index in [4.69, 9.17) is 9.47 Å². The maximum atomic E-state index is 11.9. The predicted molar refractivity (Wildman–Crippen MR) is 71.7 cm³/mol. The average molecular weight is 271 g/mol. The number of hydrogen-bond acceptors (Lipinski definition) is 4. The highest BCUT2D eigenvalue weighted by molar-refractivity contribution is 5.82. The number of nitrogens with zero attached hydrogens (tertiary/aromatic N) is 1. The van der Waals surface area contributed by atoms with Crippen molar-refractivity contribution >= 4 is 12.1 Å². The Morgan fingerprint density at radius 2 is 1.68 bits per heavy atom. The van der Waals surface area contributed by atoms with E-state index < -0.39 is 12.1 Å². The number of rotatable bonds is 5. The first kappa shape index (κ1) is 15.8. The van der Waals surface area contributed by atoms with Crippen molar-refractivity contribution in [2.75, 3.05) is 19.8 Å². The van der Waals surface area contributed by atoms with Crippen molar-refractivity contribution in [2.24, 2.45) is 11.8 Å². The van der Waals surface area contributed by atoms with Gasteiger partial charge in [-0.05, 0) is 24.7 Å². The van der Waals surface area contributed by atoms with E-state index in [1.54, 1.807) is 0 Å². The highest BCUT2D eigenvalue weighted by Gasteiger charge is 2.36. The predicted octanol–water partition coefficient (Wildman–Crippen LogP) is 2.44. The van der Waals surface area contributed by atoms with E-state index in [2.05, 4.69) is 0 Å². The minimum Gasteiger partial charge on any atom is -0.464 e. The van der Waals surface area contributed by atoms with E-state index >= 15 is 0 Å². The highest BCUT2D eigenvalue weighted by Crippen LogP contribution is 2.20. The molecule has 1 aliphatic rings. The molecule has 0 N–H and O–H groups in total. The molecule has 1 heterocycles. The van der Waals surface area contributed by atoms with Crippen LogP contribution in [0.3, 0.4) is 0 Å². The summed E-state index contributed by atoms with van der Waals surface area (Å²) in [5, 5.41) is 0. The molecule has 1 atom stereocenters. The number of carbonyl (C=O) groups is 2. The van der Waals surface area contributed by atoms with E-state index in [0.29, 0.717) is 32.1 Å². The Morgan fingerprint density at radius 3 is 2.26 bits per heavy atom. The van der Waals surface area contributed by atoms with Crippen molar-refractivity contribution in [1.29, 1.82) is 0 Å². The lowest BCUT2D eigenvalue weighted by atomic mass is 10.2. The molecule has 1 fully saturated rings. The Morgan fingerprint density at radius 1 is 1.11 bits per heavy atom. The van der Waals surface area contributed by atoms with Gasteiger partial charge in [0.05, 0.1) is 13.2 Å². The summed E-state index contributed by atoms with van der Waals surface area (Å²) >= 11 is 0. The van der Waals surface area contributed by atoms with Crippen LogP contribution in [0.1, 0.15) is 40.5 Å². The fourth-order valence-electron chi connectivity index (χ4n) is 1.90. The summed E-state index contributed by atoms with van der Waals surface area (Å²) in [5.41, 5.74) is 0. The second-order valence-corrected chi connectivity index (χ2v) is 5.85. The van der Waals surface area contributed by atoms with E-state index in [1.165, 1.54) is 4.90 Å². The third-order valence-corrected chi connectivity index (χ3v) is 2.86. The summed E-state index contributed by atoms with van der Waals surface area (Å²) in [5.74, 6) is 0.275. The second kappa shape index (κ2) is 7.36. The molecule has 110 valence electrons. The number of amides is 1. The van der Waals surface area contributed by atoms with Gasteiger partial charge >= 0.3 is 12.1 Å². The maximum Gasteiger partial charge on any atom is 0.410 e. The molecule has 0 bridgehead atoms. The third kappa shape index (κ3) is 5.09. The molecule has 1 rings (SSSR count). The van der Waals surface area contributed by atoms with E-state index in [1.807, 2.05) is 27.7 Å². The molecule has 1 aliphatic heterocycles. The van der Waals surface area contributed by atoms with Crippen molar-refractivity contribution < 1.29 is 19.1 Å². The summed E-state index contributed by atoms with van der Waals surface area (Å²) in [6.45, 7) is 9.26. The van der Waals surface area contributed by atoms with Crippen LogP contribution in [0.25, 0.3) is 0 Å². The van der Waals surface area contributed by atoms with Crippen LogP contribution in [-0.4, -0.2) is 42.8 Å². The maximum absolute atomic E-state index is 11.9. The Labute approximate surface area is 115 Å². The molecule has 1 amide bonds. The van der Waals surface area contributed by atoms with Crippen LogP contribution in [0.15, 0.2) is 0 Å². The summed E-state index contributed by atoms with van der Waals surface area (Å²) in [6, 6.07) is -0.474. The van der Waals surface area contributed by atoms with E-state index in [-0.39, 0.29) is 11.9 Å². The van der Waals surface area contributed by atoms with Crippen LogP contribution < -0.4 is 0 Å². The van der Waals surface area contributed by atoms with Crippen LogP contribution >= 0.6 is 0 Å². The number of hydrogen-bond donors (Lipinski definition) is 0. The first-order valence-electron chi connectivity index (χ1n) is 7.01. The topological polar surface area (TPSA) is 55.8 Å². The summed E-state index contributed by atoms with van der Waals surface area (Å²) in [4.78, 5) is 25.3. The quantitative estimate of drug-likeness (QED) is 0.721. The van der Waals surface area contributed by atoms with Gasteiger partial charge in [-0.2, -0.15) is 0 Å². The minimum absolute atomic E-state index is 0.290. The summed E-state index contributed by atoms with van der Waals surface area (Å²) in [7, 11) is 0. The largest absolute Gasteiger partial charge is 0.464 e. The summed E-state index contributed by atoms with van der Waals surface area (Å²) in [6.07, 6.45) is 1.07. The van der Waals surface area contributed by atoms with Gasteiger partial charge < -0.3 is 9.47 Å². The van der Waals surface area contributed by atoms with Crippen LogP contribution in [0.2, 0.25) is 0 Å². The molecular weight excluding hydrogens is 246 g/mol. The lowest BCUT2D eigenvalue weighted by Crippen LogP contribution is -2.42. The molecule has 0 aromatic rings. The van der Waals surface area contributed by atoms with E-state index in [0.717, 1.165) is 6.42 Å². The Balaban J connectivity index is 2.48. The molecule has 5 nitrogen and oxygen atoms in total. The first-order chi connectivity index (χ1) is 8.91. The smallest absolute Gasteiger partial charge is 0.410 e. The number of ether oxygens (including phenoxy) is 2. The van der Waals surface area contributed by atoms with Gasteiger partial charge in [-0.1, -0.05) is 27.7 Å². The van der Waals surface area contributed by atoms with E-state index in [9.17, 15) is 9.59 Å². The SMILES string of the molecule is CC(C)COC(=O)C1CCCN1C(=O)OCC(C)C. The molecule has 1 saturated heterocycles. The third-order valence-electron chi connectivity index (χ3n) is 2.86. The van der Waals surface area contributed by atoms with Gasteiger partial charge in [0.1, 0.15) is 6.04 Å². The molecule has 0 aromatic heterocycles. The monoisotopic (exact) mass is 271 g/mol. The Kier molecular flexibility index (Phi) is 6.12. The molecular formula is C14H25NO4. The van der Waals surface area contributed by atoms with Gasteiger partial charge in [-0.15, -0.1) is 0 Å². The Bertz CT molecular complexity index is 285. The standard InChI is InChI=1S/C14H25NO4/c1-10(2)8-18-13(16)12-6-5-7-15(12)14(17)19-9-11(3)4/h10-12H,5-9H2,1-4H3. The van der Waals surface area contributed by atoms with Crippen LogP contribution in [0.4, 0.5) is 4.79 Å². The second-order valence-electron chi connectivity index (χ2n) is 5.85. The van der Waals surface area contributed by atoms with Crippen molar-refractivity contribution in [3.63, 3.8) is 0 Å². The van der Waals surface area contributed by atoms with Crippen molar-refractivity contribution in [3.8, 4) is 0 Å². The van der Waals surface area contributed by atoms with Crippen molar-refractivity contribution in [2.45, 2.75) is 46.6 Å². The molecule has 0 aliphatic carbocycles. The lowest BCUT2D eigenvalue weighted by molar-refractivity contribution is -0.149. The van der Waals surface area contributed by atoms with Crippen LogP contribution in [0.5, 0.6) is 0 Å². The van der Waals surface area contributed by atoms with Gasteiger partial charge in [0.25, 0.3) is 0 Å². The molecule has 0 saturated carbocycles. The van der Waals surface area contributed by atoms with Gasteiger partial charge in [-0.25, -0.2) is 9.59 Å². The van der Waals surface area contributed by atoms with Crippen LogP contribution in [0, 0.1) is 11.8 Å². The molecule has 1 unspecified atom stereocenters. The van der Waals surface area contributed by atoms with Gasteiger partial charge in [0.2, 0.25) is 0 Å².